The third-order valence-electron chi connectivity index (χ3n) is 7.74. The van der Waals surface area contributed by atoms with Crippen LogP contribution in [-0.2, 0) is 0 Å². The van der Waals surface area contributed by atoms with Crippen LogP contribution in [0.3, 0.4) is 0 Å². The minimum absolute atomic E-state index is 0.196. The van der Waals surface area contributed by atoms with E-state index in [2.05, 4.69) is 109 Å². The molecule has 0 bridgehead atoms. The van der Waals surface area contributed by atoms with Crippen LogP contribution in [0, 0.1) is 6.92 Å². The Bertz CT molecular complexity index is 1250. The lowest BCUT2D eigenvalue weighted by molar-refractivity contribution is 0.111. The fraction of sp³-hybridized carbons (Fsp3) is 0.485. The first-order valence-electron chi connectivity index (χ1n) is 14.8. The fourth-order valence-electron chi connectivity index (χ4n) is 5.18. The van der Waals surface area contributed by atoms with Crippen molar-refractivity contribution in [1.82, 2.24) is 25.6 Å². The van der Waals surface area contributed by atoms with Gasteiger partial charge in [-0.05, 0) is 68.6 Å². The molecule has 1 aromatic carbocycles. The predicted octanol–water partition coefficient (Wildman–Crippen LogP) is 7.05. The van der Waals surface area contributed by atoms with Gasteiger partial charge in [0.1, 0.15) is 11.5 Å². The molecule has 2 aromatic heterocycles. The number of carbonyl (C=O) groups excluding carboxylic acids is 1. The van der Waals surface area contributed by atoms with Gasteiger partial charge < -0.3 is 20.9 Å². The minimum atomic E-state index is 0.196. The van der Waals surface area contributed by atoms with E-state index in [1.807, 2.05) is 13.2 Å². The van der Waals surface area contributed by atoms with Crippen LogP contribution in [0.4, 0.5) is 5.69 Å². The normalized spacial score (nSPS) is 14.7. The van der Waals surface area contributed by atoms with Crippen LogP contribution < -0.4 is 16.0 Å². The Kier molecular flexibility index (Phi) is 12.1. The molecule has 3 aromatic rings. The second-order valence-electron chi connectivity index (χ2n) is 10.6. The van der Waals surface area contributed by atoms with Crippen molar-refractivity contribution < 1.29 is 4.79 Å². The van der Waals surface area contributed by atoms with Gasteiger partial charge in [0.05, 0.1) is 11.7 Å². The summed E-state index contributed by atoms with van der Waals surface area (Å²) in [5.74, 6) is 1.19. The van der Waals surface area contributed by atoms with Gasteiger partial charge in [-0.25, -0.2) is 4.98 Å². The van der Waals surface area contributed by atoms with Gasteiger partial charge in [0.15, 0.2) is 6.29 Å². The van der Waals surface area contributed by atoms with E-state index in [0.29, 0.717) is 11.7 Å². The number of benzene rings is 1. The number of nitrogens with one attached hydrogen (secondary N) is 4. The van der Waals surface area contributed by atoms with Gasteiger partial charge >= 0.3 is 0 Å². The number of nitrogens with zero attached hydrogens (tertiary/aromatic N) is 2. The molecule has 40 heavy (non-hydrogen) atoms. The summed E-state index contributed by atoms with van der Waals surface area (Å²) >= 11 is 0. The van der Waals surface area contributed by atoms with E-state index in [9.17, 15) is 4.79 Å². The zero-order chi connectivity index (χ0) is 29.1. The molecule has 216 valence electrons. The number of likely N-dealkylation sites (N-methyl/N-ethyl adjacent to an activating group) is 1. The second-order valence-corrected chi connectivity index (χ2v) is 10.6. The number of aromatic nitrogens is 3. The van der Waals surface area contributed by atoms with Gasteiger partial charge in [-0.3, -0.25) is 9.78 Å². The fourth-order valence-corrected chi connectivity index (χ4v) is 5.18. The third-order valence-corrected chi connectivity index (χ3v) is 7.74. The van der Waals surface area contributed by atoms with Crippen molar-refractivity contribution in [2.24, 2.45) is 0 Å². The molecule has 0 aliphatic rings. The van der Waals surface area contributed by atoms with Gasteiger partial charge in [0.2, 0.25) is 0 Å². The third kappa shape index (κ3) is 7.89. The smallest absolute Gasteiger partial charge is 0.170 e. The van der Waals surface area contributed by atoms with Gasteiger partial charge in [-0.15, -0.1) is 0 Å². The number of aryl methyl sites for hydroxylation is 1. The summed E-state index contributed by atoms with van der Waals surface area (Å²) in [5, 5.41) is 10.5. The quantitative estimate of drug-likeness (QED) is 0.144. The number of allylic oxidation sites excluding steroid dienone is 1. The van der Waals surface area contributed by atoms with Gasteiger partial charge in [-0.1, -0.05) is 65.3 Å². The SMILES string of the molecule is CCCC(NC)C(CC)Nc1cc(-c2ccc(C)c(C=CC(C)c3cnc(C(CC)NCC)[nH]3)c2)cnc1C=O. The Labute approximate surface area is 240 Å². The summed E-state index contributed by atoms with van der Waals surface area (Å²) in [4.78, 5) is 24.5. The highest BCUT2D eigenvalue weighted by Crippen LogP contribution is 2.28. The largest absolute Gasteiger partial charge is 0.379 e. The molecule has 4 atom stereocenters. The van der Waals surface area contributed by atoms with Crippen LogP contribution in [-0.4, -0.2) is 46.9 Å². The van der Waals surface area contributed by atoms with Crippen molar-refractivity contribution in [3.8, 4) is 11.1 Å². The lowest BCUT2D eigenvalue weighted by Gasteiger charge is -2.28. The highest BCUT2D eigenvalue weighted by atomic mass is 16.1. The van der Waals surface area contributed by atoms with Gasteiger partial charge in [-0.2, -0.15) is 0 Å². The van der Waals surface area contributed by atoms with E-state index in [0.717, 1.165) is 72.4 Å². The molecule has 0 saturated heterocycles. The van der Waals surface area contributed by atoms with E-state index in [-0.39, 0.29) is 18.0 Å². The maximum atomic E-state index is 11.8. The highest BCUT2D eigenvalue weighted by Gasteiger charge is 2.19. The van der Waals surface area contributed by atoms with Crippen molar-refractivity contribution in [1.29, 1.82) is 0 Å². The van der Waals surface area contributed by atoms with Crippen LogP contribution in [0.5, 0.6) is 0 Å². The van der Waals surface area contributed by atoms with Crippen molar-refractivity contribution in [3.63, 3.8) is 0 Å². The first-order valence-corrected chi connectivity index (χ1v) is 14.8. The molecule has 7 heteroatoms. The molecule has 2 heterocycles. The molecule has 7 nitrogen and oxygen atoms in total. The molecular weight excluding hydrogens is 496 g/mol. The van der Waals surface area contributed by atoms with Crippen molar-refractivity contribution >= 4 is 18.0 Å². The Hall–Kier alpha value is -3.29. The first kappa shape index (κ1) is 31.2. The summed E-state index contributed by atoms with van der Waals surface area (Å²) in [6.45, 7) is 13.9. The molecular formula is C33H48N6O. The zero-order valence-corrected chi connectivity index (χ0v) is 25.3. The number of rotatable bonds is 16. The Balaban J connectivity index is 1.85. The molecule has 4 N–H and O–H groups in total. The molecule has 4 unspecified atom stereocenters. The zero-order valence-electron chi connectivity index (χ0n) is 25.3. The van der Waals surface area contributed by atoms with Crippen LogP contribution >= 0.6 is 0 Å². The summed E-state index contributed by atoms with van der Waals surface area (Å²) in [5.41, 5.74) is 6.73. The van der Waals surface area contributed by atoms with Crippen molar-refractivity contribution in [2.45, 2.75) is 91.3 Å². The number of imidazole rings is 1. The number of hydrogen-bond acceptors (Lipinski definition) is 6. The molecule has 0 spiro atoms. The lowest BCUT2D eigenvalue weighted by atomic mass is 9.97. The van der Waals surface area contributed by atoms with E-state index in [1.165, 1.54) is 5.56 Å². The molecule has 0 saturated carbocycles. The Morgan fingerprint density at radius 3 is 2.45 bits per heavy atom. The Morgan fingerprint density at radius 2 is 1.80 bits per heavy atom. The van der Waals surface area contributed by atoms with E-state index in [4.69, 9.17) is 0 Å². The topological polar surface area (TPSA) is 94.7 Å². The van der Waals surface area contributed by atoms with E-state index < -0.39 is 0 Å². The molecule has 3 rings (SSSR count). The number of aromatic amines is 1. The maximum absolute atomic E-state index is 11.8. The number of hydrogen-bond donors (Lipinski definition) is 4. The predicted molar refractivity (Wildman–Crippen MR) is 168 cm³/mol. The maximum Gasteiger partial charge on any atom is 0.170 e. The summed E-state index contributed by atoms with van der Waals surface area (Å²) in [6.07, 6.45) is 13.1. The lowest BCUT2D eigenvalue weighted by Crippen LogP contribution is -2.42. The molecule has 0 radical (unpaired) electrons. The molecule has 0 aliphatic heterocycles. The first-order chi connectivity index (χ1) is 19.4. The second kappa shape index (κ2) is 15.5. The minimum Gasteiger partial charge on any atom is -0.379 e. The van der Waals surface area contributed by atoms with Gasteiger partial charge in [0.25, 0.3) is 0 Å². The van der Waals surface area contributed by atoms with Crippen molar-refractivity contribution in [3.05, 3.63) is 71.1 Å². The number of aldehydes is 1. The van der Waals surface area contributed by atoms with Crippen LogP contribution in [0.2, 0.25) is 0 Å². The summed E-state index contributed by atoms with van der Waals surface area (Å²) in [6, 6.07) is 9.28. The van der Waals surface area contributed by atoms with Crippen LogP contribution in [0.25, 0.3) is 17.2 Å². The summed E-state index contributed by atoms with van der Waals surface area (Å²) < 4.78 is 0. The summed E-state index contributed by atoms with van der Waals surface area (Å²) in [7, 11) is 2.00. The molecule has 0 amide bonds. The average Bonchev–Trinajstić information content (AvgIpc) is 3.47. The molecule has 0 aliphatic carbocycles. The van der Waals surface area contributed by atoms with Crippen molar-refractivity contribution in [2.75, 3.05) is 18.9 Å². The molecule has 0 fully saturated rings. The highest BCUT2D eigenvalue weighted by molar-refractivity contribution is 5.84. The Morgan fingerprint density at radius 1 is 1.00 bits per heavy atom. The average molecular weight is 545 g/mol. The number of carbonyl (C=O) groups is 1. The van der Waals surface area contributed by atoms with Crippen LogP contribution in [0.15, 0.2) is 42.7 Å². The number of anilines is 1. The number of pyridine rings is 1. The van der Waals surface area contributed by atoms with Crippen LogP contribution in [0.1, 0.15) is 105 Å². The monoisotopic (exact) mass is 544 g/mol. The standard InChI is InChI=1S/C33H48N6O/c1-8-12-29(34-7)27(9-2)38-30-18-26(19-36-32(30)21-40)25-16-13-22(5)24(17-25)15-14-23(6)31-20-37-33(39-31)28(10-3)35-11-4/h13-21,23,27-29,34-35,38H,8-12H2,1-7H3,(H,37,39). The van der Waals surface area contributed by atoms with Gasteiger partial charge in [0, 0.05) is 41.7 Å². The van der Waals surface area contributed by atoms with E-state index in [1.54, 1.807) is 6.20 Å². The number of H-pyrrole nitrogens is 1. The van der Waals surface area contributed by atoms with E-state index >= 15 is 0 Å².